The SMILES string of the molecule is CCn1c(SCC(=O)N(CCC#N)c2ccccc2)nnc1-c1ccc(Cl)cc1. The average Bonchev–Trinajstić information content (AvgIpc) is 3.16. The fourth-order valence-corrected chi connectivity index (χ4v) is 3.87. The zero-order valence-electron chi connectivity index (χ0n) is 16.0. The van der Waals surface area contributed by atoms with Gasteiger partial charge in [0.2, 0.25) is 5.91 Å². The molecule has 0 atom stereocenters. The highest BCUT2D eigenvalue weighted by Crippen LogP contribution is 2.26. The summed E-state index contributed by atoms with van der Waals surface area (Å²) in [7, 11) is 0. The number of thioether (sulfide) groups is 1. The maximum atomic E-state index is 12.9. The highest BCUT2D eigenvalue weighted by Gasteiger charge is 2.19. The lowest BCUT2D eigenvalue weighted by Crippen LogP contribution is -2.33. The van der Waals surface area contributed by atoms with Crippen LogP contribution in [0.4, 0.5) is 5.69 Å². The first kappa shape index (κ1) is 20.9. The maximum Gasteiger partial charge on any atom is 0.237 e. The van der Waals surface area contributed by atoms with Crippen LogP contribution >= 0.6 is 23.4 Å². The van der Waals surface area contributed by atoms with Crippen LogP contribution in [-0.4, -0.2) is 33.0 Å². The lowest BCUT2D eigenvalue weighted by Gasteiger charge is -2.21. The Labute approximate surface area is 179 Å². The van der Waals surface area contributed by atoms with Crippen molar-refractivity contribution in [3.8, 4) is 17.5 Å². The van der Waals surface area contributed by atoms with Crippen molar-refractivity contribution in [3.05, 3.63) is 59.6 Å². The van der Waals surface area contributed by atoms with Crippen molar-refractivity contribution < 1.29 is 4.79 Å². The molecule has 8 heteroatoms. The molecule has 148 valence electrons. The largest absolute Gasteiger partial charge is 0.311 e. The molecular formula is C21H20ClN5OS. The molecule has 3 rings (SSSR count). The number of benzene rings is 2. The zero-order valence-corrected chi connectivity index (χ0v) is 17.5. The summed E-state index contributed by atoms with van der Waals surface area (Å²) in [6, 6.07) is 18.9. The van der Waals surface area contributed by atoms with Crippen molar-refractivity contribution in [2.45, 2.75) is 25.0 Å². The van der Waals surface area contributed by atoms with Gasteiger partial charge < -0.3 is 9.47 Å². The molecule has 1 amide bonds. The van der Waals surface area contributed by atoms with Crippen LogP contribution in [0.5, 0.6) is 0 Å². The Balaban J connectivity index is 1.75. The third kappa shape index (κ3) is 5.17. The third-order valence-electron chi connectivity index (χ3n) is 4.28. The van der Waals surface area contributed by atoms with E-state index in [1.165, 1.54) is 11.8 Å². The molecule has 1 aromatic heterocycles. The van der Waals surface area contributed by atoms with Crippen LogP contribution in [-0.2, 0) is 11.3 Å². The van der Waals surface area contributed by atoms with Gasteiger partial charge in [0.15, 0.2) is 11.0 Å². The Morgan fingerprint density at radius 3 is 2.55 bits per heavy atom. The van der Waals surface area contributed by atoms with E-state index in [9.17, 15) is 4.79 Å². The van der Waals surface area contributed by atoms with Crippen molar-refractivity contribution in [1.82, 2.24) is 14.8 Å². The first-order valence-electron chi connectivity index (χ1n) is 9.18. The van der Waals surface area contributed by atoms with Gasteiger partial charge in [-0.25, -0.2) is 0 Å². The van der Waals surface area contributed by atoms with Crippen LogP contribution in [0, 0.1) is 11.3 Å². The van der Waals surface area contributed by atoms with Crippen molar-refractivity contribution in [2.24, 2.45) is 0 Å². The van der Waals surface area contributed by atoms with Gasteiger partial charge in [-0.1, -0.05) is 41.6 Å². The molecule has 0 N–H and O–H groups in total. The highest BCUT2D eigenvalue weighted by atomic mass is 35.5. The van der Waals surface area contributed by atoms with E-state index in [2.05, 4.69) is 16.3 Å². The van der Waals surface area contributed by atoms with Gasteiger partial charge in [0.05, 0.1) is 18.2 Å². The number of nitrogens with zero attached hydrogens (tertiary/aromatic N) is 5. The Morgan fingerprint density at radius 1 is 1.17 bits per heavy atom. The highest BCUT2D eigenvalue weighted by molar-refractivity contribution is 7.99. The number of amides is 1. The van der Waals surface area contributed by atoms with E-state index in [1.807, 2.05) is 66.1 Å². The summed E-state index contributed by atoms with van der Waals surface area (Å²) in [6.07, 6.45) is 0.275. The van der Waals surface area contributed by atoms with E-state index in [-0.39, 0.29) is 18.1 Å². The van der Waals surface area contributed by atoms with Gasteiger partial charge in [0.1, 0.15) is 0 Å². The van der Waals surface area contributed by atoms with Gasteiger partial charge in [-0.3, -0.25) is 4.79 Å². The molecule has 0 fully saturated rings. The first-order valence-corrected chi connectivity index (χ1v) is 10.5. The lowest BCUT2D eigenvalue weighted by molar-refractivity contribution is -0.116. The van der Waals surface area contributed by atoms with Crippen LogP contribution in [0.1, 0.15) is 13.3 Å². The topological polar surface area (TPSA) is 74.8 Å². The van der Waals surface area contributed by atoms with Crippen LogP contribution < -0.4 is 4.90 Å². The Hall–Kier alpha value is -2.82. The number of aromatic nitrogens is 3. The molecule has 2 aromatic carbocycles. The summed E-state index contributed by atoms with van der Waals surface area (Å²) in [5.41, 5.74) is 1.70. The molecule has 0 saturated carbocycles. The number of para-hydroxylation sites is 1. The monoisotopic (exact) mass is 425 g/mol. The molecular weight excluding hydrogens is 406 g/mol. The minimum atomic E-state index is -0.0739. The lowest BCUT2D eigenvalue weighted by atomic mass is 10.2. The smallest absolute Gasteiger partial charge is 0.237 e. The number of hydrogen-bond donors (Lipinski definition) is 0. The Morgan fingerprint density at radius 2 is 1.90 bits per heavy atom. The van der Waals surface area contributed by atoms with E-state index >= 15 is 0 Å². The summed E-state index contributed by atoms with van der Waals surface area (Å²) >= 11 is 7.31. The Kier molecular flexibility index (Phi) is 7.28. The molecule has 3 aromatic rings. The number of hydrogen-bond acceptors (Lipinski definition) is 5. The second-order valence-corrected chi connectivity index (χ2v) is 7.51. The van der Waals surface area contributed by atoms with Crippen LogP contribution in [0.2, 0.25) is 5.02 Å². The molecule has 6 nitrogen and oxygen atoms in total. The van der Waals surface area contributed by atoms with Crippen molar-refractivity contribution in [3.63, 3.8) is 0 Å². The fraction of sp³-hybridized carbons (Fsp3) is 0.238. The minimum Gasteiger partial charge on any atom is -0.311 e. The molecule has 0 unspecified atom stereocenters. The van der Waals surface area contributed by atoms with Gasteiger partial charge in [-0.15, -0.1) is 10.2 Å². The Bertz CT molecular complexity index is 998. The van der Waals surface area contributed by atoms with Crippen LogP contribution in [0.15, 0.2) is 59.8 Å². The van der Waals surface area contributed by atoms with E-state index in [0.717, 1.165) is 17.1 Å². The van der Waals surface area contributed by atoms with Gasteiger partial charge in [-0.05, 0) is 43.3 Å². The molecule has 1 heterocycles. The van der Waals surface area contributed by atoms with Gasteiger partial charge in [0.25, 0.3) is 0 Å². The second kappa shape index (κ2) is 10.1. The summed E-state index contributed by atoms with van der Waals surface area (Å²) in [5.74, 6) is 0.873. The zero-order chi connectivity index (χ0) is 20.6. The van der Waals surface area contributed by atoms with E-state index in [1.54, 1.807) is 4.90 Å². The standard InChI is InChI=1S/C21H20ClN5OS/c1-2-26-20(16-9-11-17(22)12-10-16)24-25-21(26)29-15-19(28)27(14-6-13-23)18-7-4-3-5-8-18/h3-5,7-12H,2,6,14-15H2,1H3. The molecule has 0 bridgehead atoms. The number of carbonyl (C=O) groups excluding carboxylic acids is 1. The molecule has 0 aliphatic carbocycles. The van der Waals surface area contributed by atoms with Crippen molar-refractivity contribution in [2.75, 3.05) is 17.2 Å². The van der Waals surface area contributed by atoms with Crippen molar-refractivity contribution in [1.29, 1.82) is 5.26 Å². The maximum absolute atomic E-state index is 12.9. The molecule has 0 spiro atoms. The summed E-state index contributed by atoms with van der Waals surface area (Å²) < 4.78 is 1.98. The third-order valence-corrected chi connectivity index (χ3v) is 5.48. The first-order chi connectivity index (χ1) is 14.1. The fourth-order valence-electron chi connectivity index (χ4n) is 2.86. The van der Waals surface area contributed by atoms with E-state index in [4.69, 9.17) is 16.9 Å². The van der Waals surface area contributed by atoms with Gasteiger partial charge >= 0.3 is 0 Å². The van der Waals surface area contributed by atoms with Crippen LogP contribution in [0.25, 0.3) is 11.4 Å². The number of anilines is 1. The molecule has 0 radical (unpaired) electrons. The van der Waals surface area contributed by atoms with E-state index in [0.29, 0.717) is 23.3 Å². The predicted molar refractivity (Wildman–Crippen MR) is 116 cm³/mol. The van der Waals surface area contributed by atoms with E-state index < -0.39 is 0 Å². The molecule has 0 saturated heterocycles. The van der Waals surface area contributed by atoms with Crippen LogP contribution in [0.3, 0.4) is 0 Å². The summed E-state index contributed by atoms with van der Waals surface area (Å²) in [5, 5.41) is 18.8. The minimum absolute atomic E-state index is 0.0739. The summed E-state index contributed by atoms with van der Waals surface area (Å²) in [4.78, 5) is 14.5. The number of nitriles is 1. The number of rotatable bonds is 8. The van der Waals surface area contributed by atoms with Crippen molar-refractivity contribution >= 4 is 35.0 Å². The second-order valence-electron chi connectivity index (χ2n) is 6.14. The van der Waals surface area contributed by atoms with Gasteiger partial charge in [0, 0.05) is 29.4 Å². The molecule has 29 heavy (non-hydrogen) atoms. The number of halogens is 1. The average molecular weight is 426 g/mol. The number of carbonyl (C=O) groups is 1. The molecule has 0 aliphatic heterocycles. The summed E-state index contributed by atoms with van der Waals surface area (Å²) in [6.45, 7) is 3.05. The molecule has 0 aliphatic rings. The van der Waals surface area contributed by atoms with Gasteiger partial charge in [-0.2, -0.15) is 5.26 Å². The normalized spacial score (nSPS) is 10.5. The predicted octanol–water partition coefficient (Wildman–Crippen LogP) is 4.66. The quantitative estimate of drug-likeness (QED) is 0.491.